The molecule has 0 radical (unpaired) electrons. The third-order valence-electron chi connectivity index (χ3n) is 1.69. The average Bonchev–Trinajstić information content (AvgIpc) is 2.16. The fourth-order valence-electron chi connectivity index (χ4n) is 1.07. The number of carboxylic acids is 1. The van der Waals surface area contributed by atoms with E-state index in [9.17, 15) is 9.90 Å². The number of rotatable bonds is 2. The zero-order valence-corrected chi connectivity index (χ0v) is 7.31. The van der Waals surface area contributed by atoms with Crippen molar-refractivity contribution in [2.24, 2.45) is 0 Å². The second kappa shape index (κ2) is 3.66. The van der Waals surface area contributed by atoms with Gasteiger partial charge in [-0.15, -0.1) is 0 Å². The van der Waals surface area contributed by atoms with Gasteiger partial charge in [-0.2, -0.15) is 5.26 Å². The molecule has 0 saturated heterocycles. The zero-order valence-electron chi connectivity index (χ0n) is 7.31. The van der Waals surface area contributed by atoms with E-state index < -0.39 is 17.3 Å². The molecule has 0 aliphatic heterocycles. The summed E-state index contributed by atoms with van der Waals surface area (Å²) in [6, 6.07) is 4.17. The van der Waals surface area contributed by atoms with Gasteiger partial charge in [-0.05, 0) is 12.1 Å². The number of aromatic carboxylic acids is 1. The standard InChI is InChI=1S/C9H7NO4/c1-14-7-3-2-6(11)8(9(12)13)5(7)4-10/h2-3,11H,1H3,(H,12,13). The number of hydrogen-bond acceptors (Lipinski definition) is 4. The van der Waals surface area contributed by atoms with Crippen molar-refractivity contribution >= 4 is 5.97 Å². The van der Waals surface area contributed by atoms with Crippen molar-refractivity contribution in [2.75, 3.05) is 7.11 Å². The monoisotopic (exact) mass is 193 g/mol. The SMILES string of the molecule is COc1ccc(O)c(C(=O)O)c1C#N. The van der Waals surface area contributed by atoms with Gasteiger partial charge in [0, 0.05) is 0 Å². The summed E-state index contributed by atoms with van der Waals surface area (Å²) in [6.07, 6.45) is 0. The van der Waals surface area contributed by atoms with Gasteiger partial charge in [-0.25, -0.2) is 4.79 Å². The molecule has 0 heterocycles. The Labute approximate surface area is 79.8 Å². The molecule has 5 nitrogen and oxygen atoms in total. The lowest BCUT2D eigenvalue weighted by molar-refractivity contribution is 0.0693. The van der Waals surface area contributed by atoms with Crippen molar-refractivity contribution in [3.05, 3.63) is 23.3 Å². The molecule has 1 rings (SSSR count). The van der Waals surface area contributed by atoms with Crippen LogP contribution in [-0.4, -0.2) is 23.3 Å². The van der Waals surface area contributed by atoms with E-state index in [-0.39, 0.29) is 11.3 Å². The summed E-state index contributed by atoms with van der Waals surface area (Å²) < 4.78 is 4.79. The van der Waals surface area contributed by atoms with Crippen molar-refractivity contribution in [3.63, 3.8) is 0 Å². The molecular formula is C9H7NO4. The van der Waals surface area contributed by atoms with Crippen molar-refractivity contribution in [2.45, 2.75) is 0 Å². The smallest absolute Gasteiger partial charge is 0.340 e. The molecule has 2 N–H and O–H groups in total. The van der Waals surface area contributed by atoms with Crippen LogP contribution in [0.2, 0.25) is 0 Å². The molecule has 0 spiro atoms. The minimum atomic E-state index is -1.36. The van der Waals surface area contributed by atoms with Gasteiger partial charge < -0.3 is 14.9 Å². The van der Waals surface area contributed by atoms with Crippen LogP contribution in [0.1, 0.15) is 15.9 Å². The Bertz CT molecular complexity index is 420. The van der Waals surface area contributed by atoms with E-state index in [1.54, 1.807) is 6.07 Å². The molecular weight excluding hydrogens is 186 g/mol. The third-order valence-corrected chi connectivity index (χ3v) is 1.69. The van der Waals surface area contributed by atoms with E-state index in [4.69, 9.17) is 15.1 Å². The zero-order chi connectivity index (χ0) is 10.7. The molecule has 72 valence electrons. The number of nitrogens with zero attached hydrogens (tertiary/aromatic N) is 1. The van der Waals surface area contributed by atoms with Crippen molar-refractivity contribution in [3.8, 4) is 17.6 Å². The minimum Gasteiger partial charge on any atom is -0.507 e. The van der Waals surface area contributed by atoms with Gasteiger partial charge in [0.25, 0.3) is 0 Å². The highest BCUT2D eigenvalue weighted by atomic mass is 16.5. The highest BCUT2D eigenvalue weighted by molar-refractivity contribution is 5.94. The number of ether oxygens (including phenoxy) is 1. The van der Waals surface area contributed by atoms with E-state index in [0.717, 1.165) is 0 Å². The summed E-state index contributed by atoms with van der Waals surface area (Å²) >= 11 is 0. The maximum absolute atomic E-state index is 10.7. The van der Waals surface area contributed by atoms with E-state index in [2.05, 4.69) is 0 Å². The normalized spacial score (nSPS) is 9.14. The summed E-state index contributed by atoms with van der Waals surface area (Å²) in [7, 11) is 1.32. The first-order valence-corrected chi connectivity index (χ1v) is 3.65. The fourth-order valence-corrected chi connectivity index (χ4v) is 1.07. The van der Waals surface area contributed by atoms with Crippen LogP contribution in [0, 0.1) is 11.3 Å². The number of hydrogen-bond donors (Lipinski definition) is 2. The summed E-state index contributed by atoms with van der Waals surface area (Å²) in [5.74, 6) is -1.68. The molecule has 14 heavy (non-hydrogen) atoms. The second-order valence-corrected chi connectivity index (χ2v) is 2.45. The molecule has 0 aliphatic carbocycles. The van der Waals surface area contributed by atoms with E-state index in [1.165, 1.54) is 19.2 Å². The summed E-state index contributed by atoms with van der Waals surface area (Å²) in [4.78, 5) is 10.7. The molecule has 0 atom stereocenters. The Balaban J connectivity index is 3.53. The van der Waals surface area contributed by atoms with Gasteiger partial charge in [0.2, 0.25) is 0 Å². The molecule has 1 aromatic rings. The topological polar surface area (TPSA) is 90.6 Å². The number of nitriles is 1. The van der Waals surface area contributed by atoms with Crippen LogP contribution >= 0.6 is 0 Å². The predicted molar refractivity (Wildman–Crippen MR) is 46.3 cm³/mol. The number of aromatic hydroxyl groups is 1. The van der Waals surface area contributed by atoms with Crippen LogP contribution in [0.5, 0.6) is 11.5 Å². The van der Waals surface area contributed by atoms with E-state index in [1.807, 2.05) is 0 Å². The lowest BCUT2D eigenvalue weighted by Gasteiger charge is -2.06. The Kier molecular flexibility index (Phi) is 2.58. The maximum Gasteiger partial charge on any atom is 0.340 e. The summed E-state index contributed by atoms with van der Waals surface area (Å²) in [6.45, 7) is 0. The molecule has 0 aromatic heterocycles. The number of carboxylic acid groups (broad SMARTS) is 1. The maximum atomic E-state index is 10.7. The molecule has 0 fully saturated rings. The van der Waals surface area contributed by atoms with Gasteiger partial charge in [0.1, 0.15) is 28.7 Å². The van der Waals surface area contributed by atoms with Crippen LogP contribution in [0.4, 0.5) is 0 Å². The van der Waals surface area contributed by atoms with E-state index in [0.29, 0.717) is 0 Å². The first kappa shape index (κ1) is 9.86. The molecule has 0 amide bonds. The van der Waals surface area contributed by atoms with Crippen LogP contribution in [-0.2, 0) is 0 Å². The average molecular weight is 193 g/mol. The fraction of sp³-hybridized carbons (Fsp3) is 0.111. The van der Waals surface area contributed by atoms with Crippen LogP contribution < -0.4 is 4.74 Å². The Morgan fingerprint density at radius 2 is 2.21 bits per heavy atom. The quantitative estimate of drug-likeness (QED) is 0.730. The van der Waals surface area contributed by atoms with Crippen LogP contribution in [0.25, 0.3) is 0 Å². The number of benzene rings is 1. The molecule has 0 aliphatic rings. The third kappa shape index (κ3) is 1.45. The van der Waals surface area contributed by atoms with Crippen molar-refractivity contribution in [1.82, 2.24) is 0 Å². The molecule has 0 unspecified atom stereocenters. The minimum absolute atomic E-state index is 0.128. The molecule has 0 bridgehead atoms. The summed E-state index contributed by atoms with van der Waals surface area (Å²) in [5, 5.41) is 26.7. The van der Waals surface area contributed by atoms with Gasteiger partial charge in [0.15, 0.2) is 0 Å². The predicted octanol–water partition coefficient (Wildman–Crippen LogP) is 0.971. The second-order valence-electron chi connectivity index (χ2n) is 2.45. The molecule has 0 saturated carbocycles. The largest absolute Gasteiger partial charge is 0.507 e. The van der Waals surface area contributed by atoms with Crippen molar-refractivity contribution in [1.29, 1.82) is 5.26 Å². The van der Waals surface area contributed by atoms with Crippen LogP contribution in [0.15, 0.2) is 12.1 Å². The number of carbonyl (C=O) groups is 1. The van der Waals surface area contributed by atoms with Gasteiger partial charge >= 0.3 is 5.97 Å². The Morgan fingerprint density at radius 3 is 2.64 bits per heavy atom. The van der Waals surface area contributed by atoms with E-state index >= 15 is 0 Å². The highest BCUT2D eigenvalue weighted by Gasteiger charge is 2.19. The summed E-state index contributed by atoms with van der Waals surface area (Å²) in [5.41, 5.74) is -0.619. The Morgan fingerprint density at radius 1 is 1.57 bits per heavy atom. The number of phenols is 1. The highest BCUT2D eigenvalue weighted by Crippen LogP contribution is 2.28. The van der Waals surface area contributed by atoms with Crippen LogP contribution in [0.3, 0.4) is 0 Å². The van der Waals surface area contributed by atoms with Gasteiger partial charge in [-0.3, -0.25) is 0 Å². The molecule has 5 heteroatoms. The first-order valence-electron chi connectivity index (χ1n) is 3.65. The lowest BCUT2D eigenvalue weighted by Crippen LogP contribution is -2.02. The van der Waals surface area contributed by atoms with Gasteiger partial charge in [-0.1, -0.05) is 0 Å². The Hall–Kier alpha value is -2.22. The number of methoxy groups -OCH3 is 1. The molecule has 1 aromatic carbocycles. The lowest BCUT2D eigenvalue weighted by atomic mass is 10.1. The first-order chi connectivity index (χ1) is 6.61. The van der Waals surface area contributed by atoms with Gasteiger partial charge in [0.05, 0.1) is 7.11 Å². The van der Waals surface area contributed by atoms with Crippen molar-refractivity contribution < 1.29 is 19.7 Å².